The number of carbonyl (C=O) groups is 1. The van der Waals surface area contributed by atoms with Gasteiger partial charge in [-0.25, -0.2) is 0 Å². The molecular weight excluding hydrogens is 284 g/mol. The first-order chi connectivity index (χ1) is 10.9. The number of carbonyl (C=O) groups excluding carboxylic acids is 1. The normalized spacial score (nSPS) is 48.7. The van der Waals surface area contributed by atoms with Gasteiger partial charge in [-0.15, -0.1) is 0 Å². The summed E-state index contributed by atoms with van der Waals surface area (Å²) < 4.78 is 5.74. The zero-order chi connectivity index (χ0) is 16.2. The van der Waals surface area contributed by atoms with Gasteiger partial charge < -0.3 is 4.74 Å². The standard InChI is InChI=1S/C21H32O2/c1-14(22)23-19-10-9-17-16-8-7-15-6-4-5-12-20(15,2)18(16)11-13-21(17,19)3/h6,16-19H,4-5,7-13H2,1-3H3/t16-,17-,18-,19?,20-,21-/m0/s1. The van der Waals surface area contributed by atoms with E-state index in [2.05, 4.69) is 19.9 Å². The molecule has 0 radical (unpaired) electrons. The third-order valence-corrected chi connectivity index (χ3v) is 8.25. The maximum absolute atomic E-state index is 11.5. The van der Waals surface area contributed by atoms with Crippen molar-refractivity contribution in [2.45, 2.75) is 84.7 Å². The van der Waals surface area contributed by atoms with Gasteiger partial charge in [-0.3, -0.25) is 4.79 Å². The van der Waals surface area contributed by atoms with Crippen LogP contribution in [-0.2, 0) is 9.53 Å². The van der Waals surface area contributed by atoms with Gasteiger partial charge >= 0.3 is 5.97 Å². The van der Waals surface area contributed by atoms with Crippen LogP contribution in [0.15, 0.2) is 11.6 Å². The van der Waals surface area contributed by atoms with Crippen molar-refractivity contribution in [1.29, 1.82) is 0 Å². The summed E-state index contributed by atoms with van der Waals surface area (Å²) in [6.07, 6.45) is 14.5. The van der Waals surface area contributed by atoms with Crippen LogP contribution in [0, 0.1) is 28.6 Å². The Hall–Kier alpha value is -0.790. The van der Waals surface area contributed by atoms with Gasteiger partial charge in [0.1, 0.15) is 6.10 Å². The fourth-order valence-electron chi connectivity index (χ4n) is 7.10. The van der Waals surface area contributed by atoms with Gasteiger partial charge in [0.05, 0.1) is 0 Å². The summed E-state index contributed by atoms with van der Waals surface area (Å²) in [5, 5.41) is 0. The molecule has 4 aliphatic rings. The Morgan fingerprint density at radius 2 is 1.96 bits per heavy atom. The second kappa shape index (κ2) is 5.36. The molecule has 3 saturated carbocycles. The van der Waals surface area contributed by atoms with Crippen LogP contribution in [0.25, 0.3) is 0 Å². The summed E-state index contributed by atoms with van der Waals surface area (Å²) in [5.74, 6) is 2.41. The Morgan fingerprint density at radius 1 is 1.13 bits per heavy atom. The molecule has 0 saturated heterocycles. The fraction of sp³-hybridized carbons (Fsp3) is 0.857. The van der Waals surface area contributed by atoms with Gasteiger partial charge in [0, 0.05) is 12.3 Å². The summed E-state index contributed by atoms with van der Waals surface area (Å²) in [6.45, 7) is 6.56. The Balaban J connectivity index is 1.61. The molecule has 0 bridgehead atoms. The second-order valence-corrected chi connectivity index (χ2v) is 9.17. The number of esters is 1. The zero-order valence-corrected chi connectivity index (χ0v) is 15.1. The van der Waals surface area contributed by atoms with Crippen LogP contribution in [0.2, 0.25) is 0 Å². The highest BCUT2D eigenvalue weighted by molar-refractivity contribution is 5.66. The van der Waals surface area contributed by atoms with Gasteiger partial charge in [-0.05, 0) is 81.0 Å². The Bertz CT molecular complexity index is 536. The third kappa shape index (κ3) is 2.23. The maximum Gasteiger partial charge on any atom is 0.302 e. The first-order valence-corrected chi connectivity index (χ1v) is 9.82. The SMILES string of the molecule is CC(=O)OC1CC[C@H]2[C@@H]3CCC4=CCCC[C@]4(C)[C@H]3CC[C@]12C. The quantitative estimate of drug-likeness (QED) is 0.486. The number of hydrogen-bond acceptors (Lipinski definition) is 2. The summed E-state index contributed by atoms with van der Waals surface area (Å²) in [5.41, 5.74) is 2.49. The maximum atomic E-state index is 11.5. The molecule has 0 spiro atoms. The Morgan fingerprint density at radius 3 is 2.74 bits per heavy atom. The molecule has 6 atom stereocenters. The number of ether oxygens (including phenoxy) is 1. The van der Waals surface area contributed by atoms with E-state index in [4.69, 9.17) is 4.74 Å². The first kappa shape index (κ1) is 15.7. The lowest BCUT2D eigenvalue weighted by Gasteiger charge is -2.58. The van der Waals surface area contributed by atoms with Crippen LogP contribution in [0.5, 0.6) is 0 Å². The predicted molar refractivity (Wildman–Crippen MR) is 91.9 cm³/mol. The Kier molecular flexibility index (Phi) is 3.66. The number of hydrogen-bond donors (Lipinski definition) is 0. The van der Waals surface area contributed by atoms with Gasteiger partial charge in [-0.1, -0.05) is 25.5 Å². The van der Waals surface area contributed by atoms with E-state index in [1.54, 1.807) is 12.5 Å². The topological polar surface area (TPSA) is 26.3 Å². The lowest BCUT2D eigenvalue weighted by molar-refractivity contribution is -0.157. The molecule has 1 unspecified atom stereocenters. The summed E-state index contributed by atoms with van der Waals surface area (Å²) >= 11 is 0. The second-order valence-electron chi connectivity index (χ2n) is 9.17. The average Bonchev–Trinajstić information content (AvgIpc) is 2.83. The summed E-state index contributed by atoms with van der Waals surface area (Å²) in [4.78, 5) is 11.5. The van der Waals surface area contributed by atoms with Crippen LogP contribution in [0.3, 0.4) is 0 Å². The molecule has 0 heterocycles. The van der Waals surface area contributed by atoms with Crippen molar-refractivity contribution in [2.75, 3.05) is 0 Å². The van der Waals surface area contributed by atoms with Crippen molar-refractivity contribution in [3.05, 3.63) is 11.6 Å². The molecule has 4 aliphatic carbocycles. The van der Waals surface area contributed by atoms with Crippen LogP contribution in [0.1, 0.15) is 78.6 Å². The molecule has 0 N–H and O–H groups in total. The van der Waals surface area contributed by atoms with Gasteiger partial charge in [0.2, 0.25) is 0 Å². The zero-order valence-electron chi connectivity index (χ0n) is 15.1. The van der Waals surface area contributed by atoms with Crippen molar-refractivity contribution < 1.29 is 9.53 Å². The fourth-order valence-corrected chi connectivity index (χ4v) is 7.10. The molecule has 3 fully saturated rings. The van der Waals surface area contributed by atoms with Crippen LogP contribution >= 0.6 is 0 Å². The molecule has 0 aromatic heterocycles. The average molecular weight is 316 g/mol. The number of allylic oxidation sites excluding steroid dienone is 2. The van der Waals surface area contributed by atoms with E-state index in [0.29, 0.717) is 5.41 Å². The van der Waals surface area contributed by atoms with Crippen molar-refractivity contribution in [1.82, 2.24) is 0 Å². The lowest BCUT2D eigenvalue weighted by Crippen LogP contribution is -2.51. The molecule has 0 aromatic rings. The lowest BCUT2D eigenvalue weighted by atomic mass is 9.47. The van der Waals surface area contributed by atoms with Gasteiger partial charge in [0.25, 0.3) is 0 Å². The summed E-state index contributed by atoms with van der Waals surface area (Å²) in [6, 6.07) is 0. The van der Waals surface area contributed by atoms with Crippen molar-refractivity contribution in [3.8, 4) is 0 Å². The molecule has 23 heavy (non-hydrogen) atoms. The minimum Gasteiger partial charge on any atom is -0.462 e. The van der Waals surface area contributed by atoms with E-state index in [0.717, 1.165) is 24.2 Å². The monoisotopic (exact) mass is 316 g/mol. The van der Waals surface area contributed by atoms with Crippen LogP contribution in [0.4, 0.5) is 0 Å². The molecule has 0 aromatic carbocycles. The van der Waals surface area contributed by atoms with Crippen LogP contribution in [-0.4, -0.2) is 12.1 Å². The van der Waals surface area contributed by atoms with Crippen molar-refractivity contribution >= 4 is 5.97 Å². The predicted octanol–water partition coefficient (Wildman–Crippen LogP) is 5.27. The minimum atomic E-state index is -0.0906. The van der Waals surface area contributed by atoms with Gasteiger partial charge in [0.15, 0.2) is 0 Å². The highest BCUT2D eigenvalue weighted by Crippen LogP contribution is 2.65. The van der Waals surface area contributed by atoms with Gasteiger partial charge in [-0.2, -0.15) is 0 Å². The molecule has 0 aliphatic heterocycles. The number of rotatable bonds is 1. The molecule has 2 nitrogen and oxygen atoms in total. The highest BCUT2D eigenvalue weighted by atomic mass is 16.5. The van der Waals surface area contributed by atoms with Crippen molar-refractivity contribution in [2.24, 2.45) is 28.6 Å². The molecule has 2 heteroatoms. The first-order valence-electron chi connectivity index (χ1n) is 9.82. The van der Waals surface area contributed by atoms with E-state index in [-0.39, 0.29) is 17.5 Å². The molecule has 0 amide bonds. The molecule has 128 valence electrons. The van der Waals surface area contributed by atoms with E-state index in [1.807, 2.05) is 0 Å². The molecule has 4 rings (SSSR count). The Labute approximate surface area is 141 Å². The van der Waals surface area contributed by atoms with Crippen molar-refractivity contribution in [3.63, 3.8) is 0 Å². The van der Waals surface area contributed by atoms with Crippen LogP contribution < -0.4 is 0 Å². The van der Waals surface area contributed by atoms with E-state index in [9.17, 15) is 4.79 Å². The highest BCUT2D eigenvalue weighted by Gasteiger charge is 2.59. The molecular formula is C21H32O2. The smallest absolute Gasteiger partial charge is 0.302 e. The minimum absolute atomic E-state index is 0.0906. The van der Waals surface area contributed by atoms with E-state index in [1.165, 1.54) is 51.4 Å². The third-order valence-electron chi connectivity index (χ3n) is 8.25. The van der Waals surface area contributed by atoms with E-state index >= 15 is 0 Å². The van der Waals surface area contributed by atoms with E-state index < -0.39 is 0 Å². The number of fused-ring (bicyclic) bond motifs is 5. The summed E-state index contributed by atoms with van der Waals surface area (Å²) in [7, 11) is 0. The largest absolute Gasteiger partial charge is 0.462 e.